The molecule has 0 aliphatic rings. The highest BCUT2D eigenvalue weighted by Crippen LogP contribution is 2.21. The molecule has 1 N–H and O–H groups in total. The molecular formula is C11H8Cl2O2. The molecule has 0 unspecified atom stereocenters. The van der Waals surface area contributed by atoms with Crippen LogP contribution in [0.2, 0.25) is 10.0 Å². The fourth-order valence-corrected chi connectivity index (χ4v) is 1.41. The molecule has 4 heteroatoms. The Morgan fingerprint density at radius 3 is 2.60 bits per heavy atom. The molecule has 0 fully saturated rings. The number of carboxylic acid groups (broad SMARTS) is 1. The van der Waals surface area contributed by atoms with Crippen molar-refractivity contribution < 1.29 is 9.90 Å². The summed E-state index contributed by atoms with van der Waals surface area (Å²) >= 11 is 11.6. The predicted octanol–water partition coefficient (Wildman–Crippen LogP) is 3.65. The first-order valence-electron chi connectivity index (χ1n) is 4.12. The van der Waals surface area contributed by atoms with Crippen molar-refractivity contribution in [2.75, 3.05) is 0 Å². The highest BCUT2D eigenvalue weighted by Gasteiger charge is 1.96. The summed E-state index contributed by atoms with van der Waals surface area (Å²) < 4.78 is 0. The van der Waals surface area contributed by atoms with Gasteiger partial charge in [-0.25, -0.2) is 4.79 Å². The van der Waals surface area contributed by atoms with Gasteiger partial charge in [-0.15, -0.1) is 0 Å². The zero-order valence-corrected chi connectivity index (χ0v) is 9.16. The van der Waals surface area contributed by atoms with Crippen LogP contribution < -0.4 is 0 Å². The van der Waals surface area contributed by atoms with E-state index in [2.05, 4.69) is 0 Å². The van der Waals surface area contributed by atoms with E-state index in [1.807, 2.05) is 0 Å². The van der Waals surface area contributed by atoms with E-state index >= 15 is 0 Å². The first kappa shape index (κ1) is 11.8. The van der Waals surface area contributed by atoms with Crippen LogP contribution in [0, 0.1) is 0 Å². The van der Waals surface area contributed by atoms with Gasteiger partial charge in [-0.05, 0) is 17.7 Å². The van der Waals surface area contributed by atoms with Crippen LogP contribution in [-0.2, 0) is 4.79 Å². The average molecular weight is 243 g/mol. The lowest BCUT2D eigenvalue weighted by Gasteiger charge is -1.97. The summed E-state index contributed by atoms with van der Waals surface area (Å²) in [7, 11) is 0. The van der Waals surface area contributed by atoms with E-state index in [9.17, 15) is 4.79 Å². The van der Waals surface area contributed by atoms with Crippen LogP contribution in [-0.4, -0.2) is 11.1 Å². The zero-order valence-electron chi connectivity index (χ0n) is 7.65. The van der Waals surface area contributed by atoms with Gasteiger partial charge in [0.2, 0.25) is 0 Å². The quantitative estimate of drug-likeness (QED) is 0.649. The van der Waals surface area contributed by atoms with Gasteiger partial charge >= 0.3 is 5.97 Å². The van der Waals surface area contributed by atoms with Crippen molar-refractivity contribution in [2.24, 2.45) is 0 Å². The number of halogens is 2. The van der Waals surface area contributed by atoms with Crippen molar-refractivity contribution in [2.45, 2.75) is 0 Å². The maximum atomic E-state index is 10.2. The molecule has 0 amide bonds. The summed E-state index contributed by atoms with van der Waals surface area (Å²) in [6.45, 7) is 0. The molecule has 15 heavy (non-hydrogen) atoms. The molecule has 0 spiro atoms. The molecule has 0 radical (unpaired) electrons. The lowest BCUT2D eigenvalue weighted by atomic mass is 10.2. The maximum Gasteiger partial charge on any atom is 0.328 e. The minimum Gasteiger partial charge on any atom is -0.478 e. The summed E-state index contributed by atoms with van der Waals surface area (Å²) in [5.41, 5.74) is 0.788. The van der Waals surface area contributed by atoms with Crippen molar-refractivity contribution in [3.8, 4) is 0 Å². The summed E-state index contributed by atoms with van der Waals surface area (Å²) in [5, 5.41) is 9.44. The van der Waals surface area contributed by atoms with Gasteiger partial charge in [0.05, 0.1) is 0 Å². The van der Waals surface area contributed by atoms with E-state index in [1.54, 1.807) is 30.4 Å². The second-order valence-corrected chi connectivity index (χ2v) is 3.57. The highest BCUT2D eigenvalue weighted by molar-refractivity contribution is 6.35. The predicted molar refractivity (Wildman–Crippen MR) is 62.3 cm³/mol. The van der Waals surface area contributed by atoms with Crippen molar-refractivity contribution in [3.05, 3.63) is 52.0 Å². The van der Waals surface area contributed by atoms with Gasteiger partial charge in [0.15, 0.2) is 0 Å². The van der Waals surface area contributed by atoms with E-state index in [4.69, 9.17) is 28.3 Å². The Morgan fingerprint density at radius 2 is 2.00 bits per heavy atom. The molecular weight excluding hydrogens is 235 g/mol. The van der Waals surface area contributed by atoms with Gasteiger partial charge in [-0.3, -0.25) is 0 Å². The van der Waals surface area contributed by atoms with Crippen molar-refractivity contribution >= 4 is 35.2 Å². The van der Waals surface area contributed by atoms with Gasteiger partial charge in [0.1, 0.15) is 0 Å². The number of aliphatic carboxylic acids is 1. The third-order valence-corrected chi connectivity index (χ3v) is 2.15. The smallest absolute Gasteiger partial charge is 0.328 e. The first-order chi connectivity index (χ1) is 7.09. The first-order valence-corrected chi connectivity index (χ1v) is 4.88. The van der Waals surface area contributed by atoms with E-state index in [1.165, 1.54) is 6.08 Å². The molecule has 78 valence electrons. The Morgan fingerprint density at radius 1 is 1.27 bits per heavy atom. The molecule has 0 bridgehead atoms. The van der Waals surface area contributed by atoms with Gasteiger partial charge in [0, 0.05) is 16.1 Å². The van der Waals surface area contributed by atoms with Gasteiger partial charge < -0.3 is 5.11 Å². The fraction of sp³-hybridized carbons (Fsp3) is 0. The van der Waals surface area contributed by atoms with Crippen LogP contribution >= 0.6 is 23.2 Å². The fourth-order valence-electron chi connectivity index (χ4n) is 0.934. The van der Waals surface area contributed by atoms with Crippen molar-refractivity contribution in [3.63, 3.8) is 0 Å². The average Bonchev–Trinajstić information content (AvgIpc) is 2.14. The monoisotopic (exact) mass is 242 g/mol. The Kier molecular flexibility index (Phi) is 4.40. The molecule has 1 rings (SSSR count). The third-order valence-electron chi connectivity index (χ3n) is 1.59. The molecule has 0 atom stereocenters. The van der Waals surface area contributed by atoms with E-state index < -0.39 is 5.97 Å². The van der Waals surface area contributed by atoms with Crippen molar-refractivity contribution in [1.82, 2.24) is 0 Å². The normalized spacial score (nSPS) is 11.3. The summed E-state index contributed by atoms with van der Waals surface area (Å²) in [6.07, 6.45) is 5.77. The number of benzene rings is 1. The van der Waals surface area contributed by atoms with Crippen LogP contribution in [0.1, 0.15) is 5.56 Å². The number of hydrogen-bond acceptors (Lipinski definition) is 1. The summed E-state index contributed by atoms with van der Waals surface area (Å²) in [6, 6.07) is 5.10. The number of rotatable bonds is 3. The molecule has 0 saturated carbocycles. The van der Waals surface area contributed by atoms with Crippen LogP contribution in [0.3, 0.4) is 0 Å². The molecule has 1 aromatic carbocycles. The number of carbonyl (C=O) groups is 1. The van der Waals surface area contributed by atoms with Crippen LogP contribution in [0.25, 0.3) is 6.08 Å². The third kappa shape index (κ3) is 4.19. The number of allylic oxidation sites excluding steroid dienone is 2. The van der Waals surface area contributed by atoms with Crippen molar-refractivity contribution in [1.29, 1.82) is 0 Å². The topological polar surface area (TPSA) is 37.3 Å². The molecule has 0 heterocycles. The summed E-state index contributed by atoms with van der Waals surface area (Å²) in [4.78, 5) is 10.2. The lowest BCUT2D eigenvalue weighted by Crippen LogP contribution is -1.84. The minimum absolute atomic E-state index is 0.530. The largest absolute Gasteiger partial charge is 0.478 e. The maximum absolute atomic E-state index is 10.2. The zero-order chi connectivity index (χ0) is 11.3. The number of carboxylic acids is 1. The molecule has 2 nitrogen and oxygen atoms in total. The Bertz CT molecular complexity index is 423. The number of hydrogen-bond donors (Lipinski definition) is 1. The molecule has 0 aliphatic carbocycles. The second-order valence-electron chi connectivity index (χ2n) is 2.72. The van der Waals surface area contributed by atoms with Crippen LogP contribution in [0.15, 0.2) is 36.4 Å². The molecule has 1 aromatic rings. The minimum atomic E-state index is -0.984. The van der Waals surface area contributed by atoms with Crippen LogP contribution in [0.5, 0.6) is 0 Å². The highest BCUT2D eigenvalue weighted by atomic mass is 35.5. The van der Waals surface area contributed by atoms with E-state index in [-0.39, 0.29) is 0 Å². The van der Waals surface area contributed by atoms with Gasteiger partial charge in [-0.1, -0.05) is 47.5 Å². The van der Waals surface area contributed by atoms with Gasteiger partial charge in [-0.2, -0.15) is 0 Å². The SMILES string of the molecule is O=C(O)/C=C/C=C/c1ccc(Cl)cc1Cl. The second kappa shape index (κ2) is 5.59. The van der Waals surface area contributed by atoms with E-state index in [0.717, 1.165) is 11.6 Å². The molecule has 0 aliphatic heterocycles. The standard InChI is InChI=1S/C11H8Cl2O2/c12-9-6-5-8(10(13)7-9)3-1-2-4-11(14)15/h1-7H,(H,14,15)/b3-1+,4-2+. The molecule has 0 aromatic heterocycles. The van der Waals surface area contributed by atoms with E-state index in [0.29, 0.717) is 10.0 Å². The molecule has 0 saturated heterocycles. The lowest BCUT2D eigenvalue weighted by molar-refractivity contribution is -0.131. The Balaban J connectivity index is 2.77. The Labute approximate surface area is 97.4 Å². The van der Waals surface area contributed by atoms with Crippen LogP contribution in [0.4, 0.5) is 0 Å². The van der Waals surface area contributed by atoms with Gasteiger partial charge in [0.25, 0.3) is 0 Å². The Hall–Kier alpha value is -1.25. The summed E-state index contributed by atoms with van der Waals surface area (Å²) in [5.74, 6) is -0.984.